The predicted octanol–water partition coefficient (Wildman–Crippen LogP) is 1.77. The van der Waals surface area contributed by atoms with Crippen LogP contribution in [-0.4, -0.2) is 34.8 Å². The van der Waals surface area contributed by atoms with Crippen LogP contribution >= 0.6 is 0 Å². The Kier molecular flexibility index (Phi) is 4.67. The largest absolute Gasteiger partial charge is 0.496 e. The van der Waals surface area contributed by atoms with Crippen molar-refractivity contribution in [1.82, 2.24) is 4.72 Å². The second-order valence-electron chi connectivity index (χ2n) is 5.10. The van der Waals surface area contributed by atoms with Crippen molar-refractivity contribution in [1.29, 1.82) is 0 Å². The SMILES string of the molecule is COc1cc(C)c(S(=O)(=O)NC2CCOCC2)cc1C. The third-order valence-corrected chi connectivity index (χ3v) is 5.19. The van der Waals surface area contributed by atoms with Gasteiger partial charge in [-0.3, -0.25) is 0 Å². The highest BCUT2D eigenvalue weighted by Crippen LogP contribution is 2.26. The van der Waals surface area contributed by atoms with Crippen LogP contribution in [0, 0.1) is 13.8 Å². The Morgan fingerprint density at radius 3 is 2.45 bits per heavy atom. The van der Waals surface area contributed by atoms with Gasteiger partial charge in [0.2, 0.25) is 10.0 Å². The van der Waals surface area contributed by atoms with Crippen LogP contribution in [0.4, 0.5) is 0 Å². The zero-order valence-electron chi connectivity index (χ0n) is 12.1. The minimum Gasteiger partial charge on any atom is -0.496 e. The van der Waals surface area contributed by atoms with Crippen molar-refractivity contribution >= 4 is 10.0 Å². The molecule has 0 radical (unpaired) electrons. The van der Waals surface area contributed by atoms with Crippen LogP contribution in [0.1, 0.15) is 24.0 Å². The summed E-state index contributed by atoms with van der Waals surface area (Å²) in [5, 5.41) is 0. The molecule has 1 heterocycles. The lowest BCUT2D eigenvalue weighted by molar-refractivity contribution is 0.0832. The van der Waals surface area contributed by atoms with Crippen LogP contribution in [0.3, 0.4) is 0 Å². The van der Waals surface area contributed by atoms with E-state index < -0.39 is 10.0 Å². The van der Waals surface area contributed by atoms with E-state index in [0.29, 0.717) is 42.3 Å². The zero-order valence-corrected chi connectivity index (χ0v) is 12.9. The number of hydrogen-bond donors (Lipinski definition) is 1. The minimum absolute atomic E-state index is 0.0458. The van der Waals surface area contributed by atoms with Crippen molar-refractivity contribution in [3.05, 3.63) is 23.3 Å². The lowest BCUT2D eigenvalue weighted by atomic mass is 10.1. The molecular weight excluding hydrogens is 278 g/mol. The summed E-state index contributed by atoms with van der Waals surface area (Å²) in [6.07, 6.45) is 1.43. The summed E-state index contributed by atoms with van der Waals surface area (Å²) < 4.78 is 38.2. The maximum Gasteiger partial charge on any atom is 0.241 e. The van der Waals surface area contributed by atoms with Crippen LogP contribution in [0.2, 0.25) is 0 Å². The van der Waals surface area contributed by atoms with E-state index in [4.69, 9.17) is 9.47 Å². The summed E-state index contributed by atoms with van der Waals surface area (Å²) in [4.78, 5) is 0.322. The monoisotopic (exact) mass is 299 g/mol. The van der Waals surface area contributed by atoms with Gasteiger partial charge in [-0.15, -0.1) is 0 Å². The van der Waals surface area contributed by atoms with Crippen LogP contribution in [0.5, 0.6) is 5.75 Å². The van der Waals surface area contributed by atoms with Crippen molar-refractivity contribution < 1.29 is 17.9 Å². The van der Waals surface area contributed by atoms with E-state index in [2.05, 4.69) is 4.72 Å². The number of hydrogen-bond acceptors (Lipinski definition) is 4. The zero-order chi connectivity index (χ0) is 14.8. The number of ether oxygens (including phenoxy) is 2. The molecule has 0 atom stereocenters. The second-order valence-corrected chi connectivity index (χ2v) is 6.78. The Morgan fingerprint density at radius 1 is 1.20 bits per heavy atom. The van der Waals surface area contributed by atoms with Crippen molar-refractivity contribution in [2.75, 3.05) is 20.3 Å². The van der Waals surface area contributed by atoms with Gasteiger partial charge in [0.25, 0.3) is 0 Å². The first-order valence-electron chi connectivity index (χ1n) is 6.69. The highest BCUT2D eigenvalue weighted by Gasteiger charge is 2.24. The molecule has 1 aromatic carbocycles. The van der Waals surface area contributed by atoms with Crippen molar-refractivity contribution in [2.24, 2.45) is 0 Å². The number of benzene rings is 1. The topological polar surface area (TPSA) is 64.6 Å². The number of rotatable bonds is 4. The van der Waals surface area contributed by atoms with Gasteiger partial charge in [-0.25, -0.2) is 13.1 Å². The molecule has 2 rings (SSSR count). The molecule has 0 bridgehead atoms. The molecule has 0 amide bonds. The first kappa shape index (κ1) is 15.3. The van der Waals surface area contributed by atoms with Gasteiger partial charge in [0, 0.05) is 19.3 Å². The second kappa shape index (κ2) is 6.11. The predicted molar refractivity (Wildman–Crippen MR) is 76.6 cm³/mol. The third-order valence-electron chi connectivity index (χ3n) is 3.53. The average Bonchev–Trinajstić information content (AvgIpc) is 2.41. The average molecular weight is 299 g/mol. The molecule has 5 nitrogen and oxygen atoms in total. The van der Waals surface area contributed by atoms with Gasteiger partial charge in [-0.2, -0.15) is 0 Å². The molecule has 0 aliphatic carbocycles. The third kappa shape index (κ3) is 3.31. The molecule has 0 aromatic heterocycles. The lowest BCUT2D eigenvalue weighted by Gasteiger charge is -2.23. The molecule has 20 heavy (non-hydrogen) atoms. The standard InChI is InChI=1S/C14H21NO4S/c1-10-9-14(11(2)8-13(10)18-3)20(16,17)15-12-4-6-19-7-5-12/h8-9,12,15H,4-7H2,1-3H3. The molecule has 1 N–H and O–H groups in total. The summed E-state index contributed by atoms with van der Waals surface area (Å²) in [5.74, 6) is 0.701. The molecule has 1 aromatic rings. The van der Waals surface area contributed by atoms with Gasteiger partial charge in [0.1, 0.15) is 5.75 Å². The van der Waals surface area contributed by atoms with Crippen molar-refractivity contribution in [3.63, 3.8) is 0 Å². The number of nitrogens with one attached hydrogen (secondary N) is 1. The molecule has 0 saturated carbocycles. The number of methoxy groups -OCH3 is 1. The molecule has 0 spiro atoms. The Labute approximate surface area is 120 Å². The van der Waals surface area contributed by atoms with E-state index in [-0.39, 0.29) is 6.04 Å². The summed E-state index contributed by atoms with van der Waals surface area (Å²) in [6, 6.07) is 3.37. The Hall–Kier alpha value is -1.11. The smallest absolute Gasteiger partial charge is 0.241 e. The minimum atomic E-state index is -3.50. The van der Waals surface area contributed by atoms with Gasteiger partial charge in [0.05, 0.1) is 12.0 Å². The molecule has 0 unspecified atom stereocenters. The molecule has 6 heteroatoms. The molecule has 1 aliphatic heterocycles. The molecule has 1 aliphatic rings. The Morgan fingerprint density at radius 2 is 1.85 bits per heavy atom. The van der Waals surface area contributed by atoms with Gasteiger partial charge in [-0.05, 0) is 49.9 Å². The summed E-state index contributed by atoms with van der Waals surface area (Å²) in [7, 11) is -1.92. The highest BCUT2D eigenvalue weighted by atomic mass is 32.2. The quantitative estimate of drug-likeness (QED) is 0.920. The molecular formula is C14H21NO4S. The summed E-state index contributed by atoms with van der Waals surface area (Å²) >= 11 is 0. The van der Waals surface area contributed by atoms with E-state index in [1.165, 1.54) is 0 Å². The maximum absolute atomic E-state index is 12.5. The van der Waals surface area contributed by atoms with E-state index >= 15 is 0 Å². The molecule has 1 saturated heterocycles. The first-order valence-corrected chi connectivity index (χ1v) is 8.17. The van der Waals surface area contributed by atoms with Crippen molar-refractivity contribution in [2.45, 2.75) is 37.6 Å². The lowest BCUT2D eigenvalue weighted by Crippen LogP contribution is -2.39. The maximum atomic E-state index is 12.5. The molecule has 1 fully saturated rings. The summed E-state index contributed by atoms with van der Waals surface area (Å²) in [5.41, 5.74) is 1.50. The van der Waals surface area contributed by atoms with Crippen LogP contribution in [0.15, 0.2) is 17.0 Å². The van der Waals surface area contributed by atoms with Gasteiger partial charge in [-0.1, -0.05) is 0 Å². The van der Waals surface area contributed by atoms with Crippen LogP contribution in [-0.2, 0) is 14.8 Å². The first-order chi connectivity index (χ1) is 9.44. The number of sulfonamides is 1. The van der Waals surface area contributed by atoms with Gasteiger partial charge >= 0.3 is 0 Å². The normalized spacial score (nSPS) is 17.1. The van der Waals surface area contributed by atoms with Gasteiger partial charge in [0.15, 0.2) is 0 Å². The number of aryl methyl sites for hydroxylation is 2. The van der Waals surface area contributed by atoms with E-state index in [1.54, 1.807) is 26.2 Å². The fourth-order valence-electron chi connectivity index (χ4n) is 2.37. The fourth-order valence-corrected chi connectivity index (χ4v) is 3.99. The van der Waals surface area contributed by atoms with Crippen LogP contribution < -0.4 is 9.46 Å². The Bertz CT molecular complexity index is 577. The highest BCUT2D eigenvalue weighted by molar-refractivity contribution is 7.89. The molecule has 112 valence electrons. The van der Waals surface area contributed by atoms with Gasteiger partial charge < -0.3 is 9.47 Å². The summed E-state index contributed by atoms with van der Waals surface area (Å²) in [6.45, 7) is 4.83. The Balaban J connectivity index is 2.26. The van der Waals surface area contributed by atoms with Crippen molar-refractivity contribution in [3.8, 4) is 5.75 Å². The van der Waals surface area contributed by atoms with E-state index in [9.17, 15) is 8.42 Å². The fraction of sp³-hybridized carbons (Fsp3) is 0.571. The van der Waals surface area contributed by atoms with E-state index in [0.717, 1.165) is 5.56 Å². The van der Waals surface area contributed by atoms with Crippen LogP contribution in [0.25, 0.3) is 0 Å². The van der Waals surface area contributed by atoms with E-state index in [1.807, 2.05) is 6.92 Å².